The summed E-state index contributed by atoms with van der Waals surface area (Å²) >= 11 is 0. The van der Waals surface area contributed by atoms with Crippen molar-refractivity contribution in [2.75, 3.05) is 19.6 Å². The van der Waals surface area contributed by atoms with Crippen LogP contribution < -0.4 is 4.74 Å². The molecule has 0 radical (unpaired) electrons. The molecule has 6 rings (SSSR count). The van der Waals surface area contributed by atoms with E-state index in [1.54, 1.807) is 6.08 Å². The number of hydrogen-bond acceptors (Lipinski definition) is 5. The Morgan fingerprint density at radius 3 is 2.73 bits per heavy atom. The molecule has 2 aromatic rings. The highest BCUT2D eigenvalue weighted by atomic mass is 16.5. The zero-order valence-corrected chi connectivity index (χ0v) is 23.8. The average molecular weight is 541 g/mol. The lowest BCUT2D eigenvalue weighted by atomic mass is 9.51. The van der Waals surface area contributed by atoms with E-state index >= 15 is 0 Å². The Hall–Kier alpha value is -3.38. The standard InChI is InChI=1S/C34H40N2O4/c1-22(2)20-36(31(38)16-13-25-9-6-5-7-10-25)28-15-14-27-29-19-26-11-8-12-30-32(26)34(27,33(28)40-30)17-18-35(29)21-23(3)39-24(4)37/h5-13,16,22,27-29,33H,3,14-15,17-21H2,1-2,4H3/t27-,28-,29+,33-,34-/m0/s1. The summed E-state index contributed by atoms with van der Waals surface area (Å²) in [5.74, 6) is 2.01. The minimum absolute atomic E-state index is 0.00753. The van der Waals surface area contributed by atoms with Gasteiger partial charge in [0, 0.05) is 36.6 Å². The number of carbonyl (C=O) groups is 2. The van der Waals surface area contributed by atoms with Crippen LogP contribution in [-0.4, -0.2) is 59.5 Å². The zero-order valence-electron chi connectivity index (χ0n) is 23.8. The Labute approximate surface area is 237 Å². The fourth-order valence-corrected chi connectivity index (χ4v) is 8.16. The molecule has 2 heterocycles. The van der Waals surface area contributed by atoms with Gasteiger partial charge in [-0.2, -0.15) is 0 Å². The fraction of sp³-hybridized carbons (Fsp3) is 0.471. The lowest BCUT2D eigenvalue weighted by Crippen LogP contribution is -2.69. The molecule has 2 aliphatic carbocycles. The van der Waals surface area contributed by atoms with E-state index in [9.17, 15) is 9.59 Å². The van der Waals surface area contributed by atoms with Crippen molar-refractivity contribution >= 4 is 18.0 Å². The highest BCUT2D eigenvalue weighted by Gasteiger charge is 2.66. The summed E-state index contributed by atoms with van der Waals surface area (Å²) in [5, 5.41) is 0. The molecule has 1 spiro atoms. The molecule has 1 saturated heterocycles. The highest BCUT2D eigenvalue weighted by molar-refractivity contribution is 5.92. The molecule has 2 bridgehead atoms. The number of likely N-dealkylation sites (tertiary alicyclic amines) is 1. The molecule has 6 nitrogen and oxygen atoms in total. The maximum Gasteiger partial charge on any atom is 0.307 e. The van der Waals surface area contributed by atoms with E-state index in [1.807, 2.05) is 36.4 Å². The normalized spacial score (nSPS) is 28.2. The van der Waals surface area contributed by atoms with Crippen LogP contribution in [0.4, 0.5) is 0 Å². The van der Waals surface area contributed by atoms with E-state index in [2.05, 4.69) is 48.4 Å². The van der Waals surface area contributed by atoms with Gasteiger partial charge in [-0.15, -0.1) is 0 Å². The second-order valence-corrected chi connectivity index (χ2v) is 12.4. The number of rotatable bonds is 8. The van der Waals surface area contributed by atoms with Crippen LogP contribution in [0.1, 0.15) is 56.7 Å². The number of piperidine rings is 1. The molecule has 2 aromatic carbocycles. The van der Waals surface area contributed by atoms with Crippen LogP contribution in [0, 0.1) is 11.8 Å². The van der Waals surface area contributed by atoms with Crippen LogP contribution in [0.3, 0.4) is 0 Å². The van der Waals surface area contributed by atoms with Crippen molar-refractivity contribution in [1.82, 2.24) is 9.80 Å². The van der Waals surface area contributed by atoms with Gasteiger partial charge in [0.15, 0.2) is 0 Å². The minimum atomic E-state index is -0.321. The summed E-state index contributed by atoms with van der Waals surface area (Å²) in [6.45, 7) is 12.0. The van der Waals surface area contributed by atoms with Crippen molar-refractivity contribution in [3.8, 4) is 5.75 Å². The van der Waals surface area contributed by atoms with Gasteiger partial charge < -0.3 is 14.4 Å². The first-order chi connectivity index (χ1) is 19.3. The van der Waals surface area contributed by atoms with E-state index in [1.165, 1.54) is 18.1 Å². The van der Waals surface area contributed by atoms with Gasteiger partial charge in [-0.1, -0.05) is 62.9 Å². The Morgan fingerprint density at radius 2 is 1.98 bits per heavy atom. The first kappa shape index (κ1) is 26.8. The van der Waals surface area contributed by atoms with Gasteiger partial charge in [0.25, 0.3) is 0 Å². The van der Waals surface area contributed by atoms with Gasteiger partial charge in [-0.25, -0.2) is 0 Å². The molecule has 1 saturated carbocycles. The summed E-state index contributed by atoms with van der Waals surface area (Å²) in [6.07, 6.45) is 7.44. The van der Waals surface area contributed by atoms with E-state index in [0.29, 0.717) is 36.7 Å². The number of ether oxygens (including phenoxy) is 2. The van der Waals surface area contributed by atoms with Crippen LogP contribution in [-0.2, 0) is 26.2 Å². The molecule has 0 N–H and O–H groups in total. The third-order valence-corrected chi connectivity index (χ3v) is 9.43. The number of hydrogen-bond donors (Lipinski definition) is 0. The molecule has 2 aliphatic heterocycles. The van der Waals surface area contributed by atoms with Crippen molar-refractivity contribution in [2.45, 2.75) is 70.1 Å². The van der Waals surface area contributed by atoms with Crippen LogP contribution in [0.2, 0.25) is 0 Å². The molecular weight excluding hydrogens is 500 g/mol. The van der Waals surface area contributed by atoms with Crippen LogP contribution >= 0.6 is 0 Å². The predicted molar refractivity (Wildman–Crippen MR) is 156 cm³/mol. The quantitative estimate of drug-likeness (QED) is 0.256. The molecule has 0 aromatic heterocycles. The first-order valence-corrected chi connectivity index (χ1v) is 14.7. The van der Waals surface area contributed by atoms with Gasteiger partial charge in [0.2, 0.25) is 5.91 Å². The topological polar surface area (TPSA) is 59.1 Å². The average Bonchev–Trinajstić information content (AvgIpc) is 3.26. The van der Waals surface area contributed by atoms with Crippen molar-refractivity contribution < 1.29 is 19.1 Å². The van der Waals surface area contributed by atoms with Gasteiger partial charge in [0.1, 0.15) is 17.6 Å². The summed E-state index contributed by atoms with van der Waals surface area (Å²) in [4.78, 5) is 30.0. The Morgan fingerprint density at radius 1 is 1.18 bits per heavy atom. The smallest absolute Gasteiger partial charge is 0.307 e. The van der Waals surface area contributed by atoms with Gasteiger partial charge in [-0.3, -0.25) is 14.5 Å². The molecule has 6 heteroatoms. The van der Waals surface area contributed by atoms with Crippen molar-refractivity contribution in [1.29, 1.82) is 0 Å². The second kappa shape index (κ2) is 10.5. The first-order valence-electron chi connectivity index (χ1n) is 14.7. The number of nitrogens with zero attached hydrogens (tertiary/aromatic N) is 2. The number of benzene rings is 2. The van der Waals surface area contributed by atoms with Gasteiger partial charge >= 0.3 is 5.97 Å². The zero-order chi connectivity index (χ0) is 28.0. The third kappa shape index (κ3) is 4.56. The van der Waals surface area contributed by atoms with Crippen LogP contribution in [0.25, 0.3) is 6.08 Å². The molecule has 2 fully saturated rings. The van der Waals surface area contributed by atoms with Crippen molar-refractivity contribution in [3.63, 3.8) is 0 Å². The number of amides is 1. The molecule has 210 valence electrons. The van der Waals surface area contributed by atoms with Crippen LogP contribution in [0.15, 0.2) is 66.9 Å². The largest absolute Gasteiger partial charge is 0.487 e. The Balaban J connectivity index is 1.33. The third-order valence-electron chi connectivity index (χ3n) is 9.43. The van der Waals surface area contributed by atoms with Crippen molar-refractivity contribution in [2.24, 2.45) is 11.8 Å². The maximum absolute atomic E-state index is 13.8. The Kier molecular flexibility index (Phi) is 7.07. The predicted octanol–water partition coefficient (Wildman–Crippen LogP) is 5.37. The molecule has 40 heavy (non-hydrogen) atoms. The highest BCUT2D eigenvalue weighted by Crippen LogP contribution is 2.62. The SMILES string of the molecule is C=C(CN1CC[C@]23c4c5cccc4O[C@H]2[C@@H](N(CC(C)C)C(=O)C=Cc2ccccc2)CC[C@H]3[C@H]1C5)OC(C)=O. The molecule has 5 atom stereocenters. The van der Waals surface area contributed by atoms with E-state index in [-0.39, 0.29) is 29.4 Å². The second-order valence-electron chi connectivity index (χ2n) is 12.4. The van der Waals surface area contributed by atoms with E-state index in [4.69, 9.17) is 9.47 Å². The lowest BCUT2D eigenvalue weighted by molar-refractivity contribution is -0.140. The van der Waals surface area contributed by atoms with Crippen LogP contribution in [0.5, 0.6) is 5.75 Å². The monoisotopic (exact) mass is 540 g/mol. The van der Waals surface area contributed by atoms with Gasteiger partial charge in [-0.05, 0) is 67.3 Å². The van der Waals surface area contributed by atoms with E-state index in [0.717, 1.165) is 43.5 Å². The maximum atomic E-state index is 13.8. The minimum Gasteiger partial charge on any atom is -0.487 e. The van der Waals surface area contributed by atoms with Gasteiger partial charge in [0.05, 0.1) is 12.6 Å². The summed E-state index contributed by atoms with van der Waals surface area (Å²) < 4.78 is 12.3. The molecule has 0 unspecified atom stereocenters. The Bertz CT molecular complexity index is 1330. The lowest BCUT2D eigenvalue weighted by Gasteiger charge is -2.60. The van der Waals surface area contributed by atoms with Crippen molar-refractivity contribution in [3.05, 3.63) is 83.6 Å². The number of esters is 1. The summed E-state index contributed by atoms with van der Waals surface area (Å²) in [5.41, 5.74) is 3.65. The summed E-state index contributed by atoms with van der Waals surface area (Å²) in [6, 6.07) is 16.8. The number of carbonyl (C=O) groups excluding carboxylic acids is 2. The molecule has 4 aliphatic rings. The fourth-order valence-electron chi connectivity index (χ4n) is 8.16. The molecule has 1 amide bonds. The molecular formula is C34H40N2O4. The van der Waals surface area contributed by atoms with E-state index < -0.39 is 0 Å². The summed E-state index contributed by atoms with van der Waals surface area (Å²) in [7, 11) is 0.